The van der Waals surface area contributed by atoms with Crippen LogP contribution < -0.4 is 11.1 Å². The molecule has 0 fully saturated rings. The highest BCUT2D eigenvalue weighted by atomic mass is 16.5. The first kappa shape index (κ1) is 44.9. The summed E-state index contributed by atoms with van der Waals surface area (Å²) in [7, 11) is 3.89. The summed E-state index contributed by atoms with van der Waals surface area (Å²) in [4.78, 5) is 81.2. The van der Waals surface area contributed by atoms with Crippen molar-refractivity contribution in [1.82, 2.24) is 25.3 Å². The average Bonchev–Trinajstić information content (AvgIpc) is 3.91. The van der Waals surface area contributed by atoms with Crippen LogP contribution in [0, 0.1) is 19.8 Å². The average molecular weight is 847 g/mol. The van der Waals surface area contributed by atoms with Gasteiger partial charge in [0.15, 0.2) is 0 Å². The van der Waals surface area contributed by atoms with Crippen molar-refractivity contribution in [2.45, 2.75) is 84.1 Å². The van der Waals surface area contributed by atoms with Crippen molar-refractivity contribution in [1.29, 1.82) is 0 Å². The maximum absolute atomic E-state index is 13.8. The first-order chi connectivity index (χ1) is 29.6. The van der Waals surface area contributed by atoms with E-state index in [9.17, 15) is 24.0 Å². The van der Waals surface area contributed by atoms with Gasteiger partial charge in [-0.2, -0.15) is 0 Å². The number of carboxylic acids is 1. The van der Waals surface area contributed by atoms with Gasteiger partial charge in [-0.05, 0) is 117 Å². The van der Waals surface area contributed by atoms with Crippen LogP contribution >= 0.6 is 0 Å². The standard InChI is InChI=1S/C47H54N6O9/c1-9-27-24(2)34-21-39-31-16-13-30(45(58)61-7)43(46(59)62-8)47(31,5)40(53-39)23-35-26(4)29(15-18-42(55)60-6)38(52-35)22-37-28(25(3)33(51-37)20-36(27)50-34)14-17-41(54)49-19-11-10-12-32(48)44(56)57/h9,13,16,20-23,32,43,51-52H,1,10-12,14-15,17-19,48H2,2-8H3,(H,49,54)(H,56,57)/t32?,43-,47+/m0/s1. The third-order valence-electron chi connectivity index (χ3n) is 12.3. The first-order valence-electron chi connectivity index (χ1n) is 20.6. The number of hydrogen-bond donors (Lipinski definition) is 5. The molecule has 3 aliphatic rings. The number of aryl methyl sites for hydroxylation is 4. The molecule has 1 aliphatic carbocycles. The monoisotopic (exact) mass is 846 g/mol. The number of nitrogens with one attached hydrogen (secondary N) is 3. The third kappa shape index (κ3) is 8.62. The van der Waals surface area contributed by atoms with Crippen molar-refractivity contribution < 1.29 is 43.3 Å². The van der Waals surface area contributed by atoms with E-state index in [2.05, 4.69) is 21.9 Å². The van der Waals surface area contributed by atoms with Gasteiger partial charge in [0, 0.05) is 47.0 Å². The second-order valence-corrected chi connectivity index (χ2v) is 15.9. The Morgan fingerprint density at radius 1 is 0.855 bits per heavy atom. The van der Waals surface area contributed by atoms with Gasteiger partial charge in [0.1, 0.15) is 12.0 Å². The van der Waals surface area contributed by atoms with Gasteiger partial charge in [0.2, 0.25) is 5.91 Å². The van der Waals surface area contributed by atoms with E-state index >= 15 is 0 Å². The van der Waals surface area contributed by atoms with Gasteiger partial charge < -0.3 is 40.3 Å². The van der Waals surface area contributed by atoms with E-state index in [1.807, 2.05) is 52.0 Å². The molecule has 1 unspecified atom stereocenters. The molecule has 5 heterocycles. The number of esters is 3. The highest BCUT2D eigenvalue weighted by molar-refractivity contribution is 6.02. The van der Waals surface area contributed by atoms with E-state index in [4.69, 9.17) is 35.0 Å². The minimum Gasteiger partial charge on any atom is -0.480 e. The molecule has 8 bridgehead atoms. The van der Waals surface area contributed by atoms with E-state index < -0.39 is 35.3 Å². The molecule has 0 saturated carbocycles. The Balaban J connectivity index is 1.58. The van der Waals surface area contributed by atoms with Crippen molar-refractivity contribution in [2.75, 3.05) is 27.9 Å². The topological polar surface area (TPSA) is 229 Å². The molecule has 62 heavy (non-hydrogen) atoms. The van der Waals surface area contributed by atoms with Gasteiger partial charge in [0.05, 0.1) is 55.1 Å². The number of aromatic nitrogens is 4. The summed E-state index contributed by atoms with van der Waals surface area (Å²) in [5.74, 6) is -3.98. The molecule has 6 rings (SSSR count). The minimum absolute atomic E-state index is 0.109. The fourth-order valence-electron chi connectivity index (χ4n) is 8.62. The van der Waals surface area contributed by atoms with E-state index in [0.29, 0.717) is 78.0 Å². The fourth-order valence-corrected chi connectivity index (χ4v) is 8.62. The lowest BCUT2D eigenvalue weighted by Gasteiger charge is -2.36. The number of nitrogens with zero attached hydrogens (tertiary/aromatic N) is 2. The van der Waals surface area contributed by atoms with E-state index in [-0.39, 0.29) is 30.3 Å². The molecule has 1 amide bonds. The van der Waals surface area contributed by atoms with Gasteiger partial charge in [-0.25, -0.2) is 9.78 Å². The predicted octanol–water partition coefficient (Wildman–Crippen LogP) is 6.03. The van der Waals surface area contributed by atoms with Crippen molar-refractivity contribution in [3.63, 3.8) is 0 Å². The van der Waals surface area contributed by atoms with Gasteiger partial charge in [-0.1, -0.05) is 24.8 Å². The number of hydrogen-bond acceptors (Lipinski definition) is 11. The number of methoxy groups -OCH3 is 3. The normalized spacial score (nSPS) is 17.3. The molecule has 3 aromatic rings. The molecule has 0 saturated heterocycles. The maximum atomic E-state index is 13.8. The summed E-state index contributed by atoms with van der Waals surface area (Å²) < 4.78 is 15.5. The molecule has 15 heteroatoms. The molecule has 2 aliphatic heterocycles. The number of ether oxygens (including phenoxy) is 3. The zero-order chi connectivity index (χ0) is 45.0. The van der Waals surface area contributed by atoms with Gasteiger partial charge in [-0.15, -0.1) is 0 Å². The van der Waals surface area contributed by atoms with Crippen molar-refractivity contribution >= 4 is 68.6 Å². The maximum Gasteiger partial charge on any atom is 0.334 e. The molecule has 0 radical (unpaired) electrons. The molecular weight excluding hydrogens is 793 g/mol. The Hall–Kier alpha value is -6.61. The van der Waals surface area contributed by atoms with E-state index in [0.717, 1.165) is 44.4 Å². The van der Waals surface area contributed by atoms with Gasteiger partial charge in [0.25, 0.3) is 0 Å². The molecular formula is C47H54N6O9. The minimum atomic E-state index is -1.19. The number of allylic oxidation sites excluding steroid dienone is 6. The Bertz CT molecular complexity index is 2630. The number of unbranched alkanes of at least 4 members (excludes halogenated alkanes) is 1. The highest BCUT2D eigenvalue weighted by Crippen LogP contribution is 2.52. The zero-order valence-corrected chi connectivity index (χ0v) is 36.2. The van der Waals surface area contributed by atoms with E-state index in [1.165, 1.54) is 21.3 Å². The van der Waals surface area contributed by atoms with E-state index in [1.54, 1.807) is 18.2 Å². The number of aliphatic carboxylic acids is 1. The summed E-state index contributed by atoms with van der Waals surface area (Å²) >= 11 is 0. The lowest BCUT2D eigenvalue weighted by Crippen LogP contribution is -2.42. The SMILES string of the molecule is C=CC1=C(C)c2cc3nc(cc4[nH]c(cc5[nH]c(cc1n2)c(C)c5CCC(=O)NCCCCC(N)C(=O)O)c(CCC(=O)OC)c4C)[C@@]1(C)C3=CC=C(C(=O)OC)[C@H]1C(=O)OC. The second kappa shape index (κ2) is 18.6. The molecule has 3 atom stereocenters. The smallest absolute Gasteiger partial charge is 0.334 e. The number of carbonyl (C=O) groups excluding carboxylic acids is 4. The van der Waals surface area contributed by atoms with Crippen LogP contribution in [-0.2, 0) is 56.4 Å². The van der Waals surface area contributed by atoms with Crippen LogP contribution in [0.2, 0.25) is 0 Å². The second-order valence-electron chi connectivity index (χ2n) is 15.9. The summed E-state index contributed by atoms with van der Waals surface area (Å²) in [5.41, 5.74) is 15.7. The number of aromatic amines is 2. The van der Waals surface area contributed by atoms with Crippen LogP contribution in [0.3, 0.4) is 0 Å². The Labute approximate surface area is 359 Å². The Morgan fingerprint density at radius 3 is 2.13 bits per heavy atom. The number of rotatable bonds is 15. The molecule has 326 valence electrons. The Morgan fingerprint density at radius 2 is 1.52 bits per heavy atom. The highest BCUT2D eigenvalue weighted by Gasteiger charge is 2.53. The van der Waals surface area contributed by atoms with Crippen LogP contribution in [0.15, 0.2) is 54.6 Å². The van der Waals surface area contributed by atoms with Crippen molar-refractivity contribution in [3.8, 4) is 0 Å². The van der Waals surface area contributed by atoms with Gasteiger partial charge in [-0.3, -0.25) is 24.2 Å². The molecule has 0 aromatic carbocycles. The summed E-state index contributed by atoms with van der Waals surface area (Å²) in [6.07, 6.45) is 7.65. The fraction of sp³-hybridized carbons (Fsp3) is 0.383. The molecule has 3 aromatic heterocycles. The van der Waals surface area contributed by atoms with Crippen LogP contribution in [0.25, 0.3) is 38.8 Å². The summed E-state index contributed by atoms with van der Waals surface area (Å²) in [5, 5.41) is 12.0. The van der Waals surface area contributed by atoms with Crippen LogP contribution in [0.5, 0.6) is 0 Å². The van der Waals surface area contributed by atoms with Crippen LogP contribution in [0.1, 0.15) is 91.0 Å². The number of carboxylic acid groups (broad SMARTS) is 1. The van der Waals surface area contributed by atoms with Crippen LogP contribution in [-0.4, -0.2) is 88.7 Å². The summed E-state index contributed by atoms with van der Waals surface area (Å²) in [6, 6.07) is 6.75. The zero-order valence-electron chi connectivity index (χ0n) is 36.2. The largest absolute Gasteiger partial charge is 0.480 e. The number of carbonyl (C=O) groups is 5. The Kier molecular flexibility index (Phi) is 13.5. The number of amides is 1. The van der Waals surface area contributed by atoms with Crippen molar-refractivity contribution in [2.24, 2.45) is 11.7 Å². The first-order valence-corrected chi connectivity index (χ1v) is 20.6. The number of fused-ring (bicyclic) bond motifs is 11. The predicted molar refractivity (Wildman–Crippen MR) is 235 cm³/mol. The molecule has 6 N–H and O–H groups in total. The number of H-pyrrole nitrogens is 2. The summed E-state index contributed by atoms with van der Waals surface area (Å²) in [6.45, 7) is 12.3. The quantitative estimate of drug-likeness (QED) is 0.0671. The number of nitrogens with two attached hydrogens (primary N) is 1. The van der Waals surface area contributed by atoms with Crippen LogP contribution in [0.4, 0.5) is 0 Å². The third-order valence-corrected chi connectivity index (χ3v) is 12.3. The lowest BCUT2D eigenvalue weighted by molar-refractivity contribution is -0.149. The lowest BCUT2D eigenvalue weighted by atomic mass is 9.64. The van der Waals surface area contributed by atoms with Gasteiger partial charge >= 0.3 is 23.9 Å². The van der Waals surface area contributed by atoms with Crippen molar-refractivity contribution in [3.05, 3.63) is 99.7 Å². The molecule has 15 nitrogen and oxygen atoms in total. The molecule has 0 spiro atoms.